The summed E-state index contributed by atoms with van der Waals surface area (Å²) in [6.07, 6.45) is 1.74. The molecule has 2 saturated heterocycles. The molecule has 0 atom stereocenters. The number of urea groups is 1. The molecule has 3 N–H and O–H groups in total. The molecule has 11 nitrogen and oxygen atoms in total. The van der Waals surface area contributed by atoms with Crippen LogP contribution in [0.4, 0.5) is 16.6 Å². The molecule has 2 aliphatic heterocycles. The number of morpholine rings is 1. The zero-order valence-electron chi connectivity index (χ0n) is 14.9. The predicted molar refractivity (Wildman–Crippen MR) is 95.9 cm³/mol. The van der Waals surface area contributed by atoms with Crippen molar-refractivity contribution in [2.24, 2.45) is 5.84 Å². The summed E-state index contributed by atoms with van der Waals surface area (Å²) in [7, 11) is 3.51. The lowest BCUT2D eigenvalue weighted by Gasteiger charge is -2.41. The maximum Gasteiger partial charge on any atom is 0.319 e. The minimum absolute atomic E-state index is 0.0126. The van der Waals surface area contributed by atoms with Crippen LogP contribution in [0.2, 0.25) is 0 Å². The second-order valence-electron chi connectivity index (χ2n) is 6.68. The number of rotatable bonds is 3. The molecular formula is C15H23N9O2. The van der Waals surface area contributed by atoms with Crippen molar-refractivity contribution in [1.29, 1.82) is 0 Å². The van der Waals surface area contributed by atoms with Gasteiger partial charge in [-0.05, 0) is 0 Å². The number of carbonyl (C=O) groups is 1. The van der Waals surface area contributed by atoms with Crippen LogP contribution in [0.25, 0.3) is 11.2 Å². The van der Waals surface area contributed by atoms with Crippen molar-refractivity contribution in [3.8, 4) is 0 Å². The zero-order valence-corrected chi connectivity index (χ0v) is 14.9. The molecule has 2 fully saturated rings. The van der Waals surface area contributed by atoms with E-state index in [-0.39, 0.29) is 12.1 Å². The summed E-state index contributed by atoms with van der Waals surface area (Å²) in [4.78, 5) is 31.1. The standard InChI is InChI=1S/C15H23N9O2/c1-21(2)15(25)23-7-10(8-23)24-9-17-11-12(20-16)18-14(19-13(11)24)22-3-5-26-6-4-22/h9-10H,3-8,16H2,1-2H3,(H,18,19,20). The van der Waals surface area contributed by atoms with Crippen LogP contribution >= 0.6 is 0 Å². The average Bonchev–Trinajstić information content (AvgIpc) is 3.04. The third-order valence-electron chi connectivity index (χ3n) is 4.75. The molecule has 4 rings (SSSR count). The Bertz CT molecular complexity index is 809. The number of fused-ring (bicyclic) bond motifs is 1. The lowest BCUT2D eigenvalue weighted by atomic mass is 10.1. The van der Waals surface area contributed by atoms with Crippen LogP contribution in [-0.4, -0.2) is 88.8 Å². The summed E-state index contributed by atoms with van der Waals surface area (Å²) < 4.78 is 7.40. The highest BCUT2D eigenvalue weighted by Crippen LogP contribution is 2.29. The van der Waals surface area contributed by atoms with Gasteiger partial charge in [0.25, 0.3) is 0 Å². The minimum atomic E-state index is 0.0126. The predicted octanol–water partition coefficient (Wildman–Crippen LogP) is -0.513. The third kappa shape index (κ3) is 2.78. The average molecular weight is 361 g/mol. The molecule has 0 bridgehead atoms. The van der Waals surface area contributed by atoms with Crippen molar-refractivity contribution >= 4 is 29.0 Å². The number of likely N-dealkylation sites (tertiary alicyclic amines) is 1. The van der Waals surface area contributed by atoms with E-state index >= 15 is 0 Å². The largest absolute Gasteiger partial charge is 0.378 e. The number of amides is 2. The number of anilines is 2. The molecule has 0 saturated carbocycles. The van der Waals surface area contributed by atoms with Gasteiger partial charge in [-0.1, -0.05) is 0 Å². The van der Waals surface area contributed by atoms with Crippen molar-refractivity contribution in [3.63, 3.8) is 0 Å². The first-order valence-corrected chi connectivity index (χ1v) is 8.58. The summed E-state index contributed by atoms with van der Waals surface area (Å²) >= 11 is 0. The van der Waals surface area contributed by atoms with Crippen molar-refractivity contribution in [2.45, 2.75) is 6.04 Å². The van der Waals surface area contributed by atoms with Gasteiger partial charge in [0.2, 0.25) is 5.95 Å². The van der Waals surface area contributed by atoms with Gasteiger partial charge in [0.15, 0.2) is 17.0 Å². The molecule has 2 aromatic heterocycles. The smallest absolute Gasteiger partial charge is 0.319 e. The molecule has 2 amide bonds. The van der Waals surface area contributed by atoms with E-state index in [4.69, 9.17) is 15.6 Å². The quantitative estimate of drug-likeness (QED) is 0.554. The van der Waals surface area contributed by atoms with Crippen LogP contribution < -0.4 is 16.2 Å². The van der Waals surface area contributed by atoms with Crippen LogP contribution in [0.1, 0.15) is 6.04 Å². The van der Waals surface area contributed by atoms with E-state index in [9.17, 15) is 4.79 Å². The Labute approximate surface area is 150 Å². The van der Waals surface area contributed by atoms with Gasteiger partial charge >= 0.3 is 6.03 Å². The molecule has 4 heterocycles. The molecule has 2 aliphatic rings. The number of aromatic nitrogens is 4. The first kappa shape index (κ1) is 16.8. The van der Waals surface area contributed by atoms with Crippen LogP contribution in [0.5, 0.6) is 0 Å². The van der Waals surface area contributed by atoms with Crippen molar-refractivity contribution in [2.75, 3.05) is 63.8 Å². The summed E-state index contributed by atoms with van der Waals surface area (Å²) in [6, 6.07) is 0.153. The number of nitrogen functional groups attached to an aromatic ring is 1. The molecule has 0 aliphatic carbocycles. The van der Waals surface area contributed by atoms with Crippen LogP contribution in [0.15, 0.2) is 6.33 Å². The number of nitrogens with one attached hydrogen (secondary N) is 1. The number of hydrazine groups is 1. The molecule has 140 valence electrons. The number of nitrogens with zero attached hydrogens (tertiary/aromatic N) is 7. The van der Waals surface area contributed by atoms with E-state index < -0.39 is 0 Å². The van der Waals surface area contributed by atoms with Gasteiger partial charge < -0.3 is 29.4 Å². The van der Waals surface area contributed by atoms with Gasteiger partial charge in [-0.15, -0.1) is 0 Å². The highest BCUT2D eigenvalue weighted by Gasteiger charge is 2.34. The van der Waals surface area contributed by atoms with Gasteiger partial charge in [-0.25, -0.2) is 15.6 Å². The topological polar surface area (TPSA) is 118 Å². The summed E-state index contributed by atoms with van der Waals surface area (Å²) in [5.74, 6) is 6.75. The molecule has 11 heteroatoms. The van der Waals surface area contributed by atoms with E-state index in [2.05, 4.69) is 20.3 Å². The second kappa shape index (κ2) is 6.57. The molecule has 2 aromatic rings. The SMILES string of the molecule is CN(C)C(=O)N1CC(n2cnc3c(NN)nc(N4CCOCC4)nc32)C1. The number of carbonyl (C=O) groups excluding carboxylic acids is 1. The van der Waals surface area contributed by atoms with Gasteiger partial charge in [-0.3, -0.25) is 0 Å². The van der Waals surface area contributed by atoms with E-state index in [1.165, 1.54) is 0 Å². The fraction of sp³-hybridized carbons (Fsp3) is 0.600. The molecule has 0 spiro atoms. The van der Waals surface area contributed by atoms with Gasteiger partial charge in [0.05, 0.1) is 25.6 Å². The molecule has 0 unspecified atom stereocenters. The lowest BCUT2D eigenvalue weighted by molar-refractivity contribution is 0.107. The maximum absolute atomic E-state index is 12.0. The zero-order chi connectivity index (χ0) is 18.3. The van der Waals surface area contributed by atoms with Gasteiger partial charge in [0, 0.05) is 40.3 Å². The fourth-order valence-electron chi connectivity index (χ4n) is 3.25. The highest BCUT2D eigenvalue weighted by atomic mass is 16.5. The van der Waals surface area contributed by atoms with Crippen molar-refractivity contribution < 1.29 is 9.53 Å². The summed E-state index contributed by atoms with van der Waals surface area (Å²) in [5, 5.41) is 0. The minimum Gasteiger partial charge on any atom is -0.378 e. The van der Waals surface area contributed by atoms with Crippen LogP contribution in [0.3, 0.4) is 0 Å². The van der Waals surface area contributed by atoms with E-state index in [1.807, 2.05) is 4.57 Å². The highest BCUT2D eigenvalue weighted by molar-refractivity contribution is 5.84. The Kier molecular flexibility index (Phi) is 4.24. The first-order valence-electron chi connectivity index (χ1n) is 8.58. The Balaban J connectivity index is 1.63. The second-order valence-corrected chi connectivity index (χ2v) is 6.68. The monoisotopic (exact) mass is 361 g/mol. The van der Waals surface area contributed by atoms with Crippen LogP contribution in [0, 0.1) is 0 Å². The Morgan fingerprint density at radius 1 is 1.31 bits per heavy atom. The number of ether oxygens (including phenoxy) is 1. The molecule has 0 aromatic carbocycles. The van der Waals surface area contributed by atoms with E-state index in [1.54, 1.807) is 30.2 Å². The van der Waals surface area contributed by atoms with Gasteiger partial charge in [-0.2, -0.15) is 9.97 Å². The first-order chi connectivity index (χ1) is 12.6. The van der Waals surface area contributed by atoms with E-state index in [0.29, 0.717) is 43.6 Å². The Hall–Kier alpha value is -2.66. The summed E-state index contributed by atoms with van der Waals surface area (Å²) in [5.41, 5.74) is 3.97. The molecule has 0 radical (unpaired) electrons. The van der Waals surface area contributed by atoms with E-state index in [0.717, 1.165) is 18.7 Å². The Morgan fingerprint density at radius 3 is 2.69 bits per heavy atom. The molecular weight excluding hydrogens is 338 g/mol. The van der Waals surface area contributed by atoms with Crippen molar-refractivity contribution in [1.82, 2.24) is 29.3 Å². The van der Waals surface area contributed by atoms with Crippen molar-refractivity contribution in [3.05, 3.63) is 6.33 Å². The maximum atomic E-state index is 12.0. The number of hydrogen-bond acceptors (Lipinski definition) is 8. The molecule has 26 heavy (non-hydrogen) atoms. The normalized spacial score (nSPS) is 18.1. The van der Waals surface area contributed by atoms with Crippen LogP contribution in [-0.2, 0) is 4.74 Å². The number of imidazole rings is 1. The third-order valence-corrected chi connectivity index (χ3v) is 4.75. The fourth-order valence-corrected chi connectivity index (χ4v) is 3.25. The lowest BCUT2D eigenvalue weighted by Crippen LogP contribution is -2.53. The van der Waals surface area contributed by atoms with Gasteiger partial charge in [0.1, 0.15) is 0 Å². The summed E-state index contributed by atoms with van der Waals surface area (Å²) in [6.45, 7) is 4.03. The Morgan fingerprint density at radius 2 is 2.04 bits per heavy atom. The number of hydrogen-bond donors (Lipinski definition) is 2. The number of nitrogens with two attached hydrogens (primary N) is 1.